The van der Waals surface area contributed by atoms with Crippen LogP contribution in [-0.2, 0) is 0 Å². The zero-order valence-corrected chi connectivity index (χ0v) is 16.8. The van der Waals surface area contributed by atoms with Gasteiger partial charge in [-0.2, -0.15) is 0 Å². The summed E-state index contributed by atoms with van der Waals surface area (Å²) < 4.78 is 0. The van der Waals surface area contributed by atoms with E-state index in [0.29, 0.717) is 0 Å². The number of unbranched alkanes of at least 4 members (excludes halogenated alkanes) is 3. The van der Waals surface area contributed by atoms with Crippen LogP contribution in [0.2, 0.25) is 0 Å². The summed E-state index contributed by atoms with van der Waals surface area (Å²) in [5, 5.41) is 10.0. The topological polar surface area (TPSA) is 61.3 Å². The molecule has 0 aromatic carbocycles. The van der Waals surface area contributed by atoms with E-state index in [4.69, 9.17) is 0 Å². The van der Waals surface area contributed by atoms with Crippen LogP contribution in [0.3, 0.4) is 0 Å². The van der Waals surface area contributed by atoms with Gasteiger partial charge in [-0.25, -0.2) is 4.98 Å². The van der Waals surface area contributed by atoms with Crippen molar-refractivity contribution in [1.82, 2.24) is 15.6 Å². The number of hydrogen-bond acceptors (Lipinski definition) is 3. The SMILES string of the molecule is CCCCCN=C(NCC)NCCCCNc1ccccn1.I. The van der Waals surface area contributed by atoms with Gasteiger partial charge >= 0.3 is 0 Å². The number of rotatable bonds is 11. The minimum Gasteiger partial charge on any atom is -0.370 e. The predicted molar refractivity (Wildman–Crippen MR) is 111 cm³/mol. The highest BCUT2D eigenvalue weighted by Gasteiger charge is 1.96. The molecule has 0 saturated heterocycles. The Balaban J connectivity index is 0.00000484. The van der Waals surface area contributed by atoms with Crippen molar-refractivity contribution in [1.29, 1.82) is 0 Å². The second-order valence-corrected chi connectivity index (χ2v) is 5.24. The fraction of sp³-hybridized carbons (Fsp3) is 0.647. The second-order valence-electron chi connectivity index (χ2n) is 5.24. The molecule has 1 heterocycles. The smallest absolute Gasteiger partial charge is 0.191 e. The van der Waals surface area contributed by atoms with Crippen LogP contribution in [0.5, 0.6) is 0 Å². The summed E-state index contributed by atoms with van der Waals surface area (Å²) in [7, 11) is 0. The molecular weight excluding hydrogens is 401 g/mol. The predicted octanol–water partition coefficient (Wildman–Crippen LogP) is 3.64. The van der Waals surface area contributed by atoms with E-state index in [0.717, 1.165) is 50.8 Å². The van der Waals surface area contributed by atoms with Gasteiger partial charge in [-0.05, 0) is 38.3 Å². The molecule has 0 aliphatic rings. The summed E-state index contributed by atoms with van der Waals surface area (Å²) in [6.07, 6.45) is 7.69. The molecule has 0 unspecified atom stereocenters. The van der Waals surface area contributed by atoms with E-state index in [9.17, 15) is 0 Å². The van der Waals surface area contributed by atoms with Gasteiger partial charge in [0, 0.05) is 32.4 Å². The number of nitrogens with zero attached hydrogens (tertiary/aromatic N) is 2. The van der Waals surface area contributed by atoms with Crippen molar-refractivity contribution in [2.24, 2.45) is 4.99 Å². The number of aliphatic imine (C=N–C) groups is 1. The highest BCUT2D eigenvalue weighted by molar-refractivity contribution is 14.0. The minimum atomic E-state index is 0. The fourth-order valence-electron chi connectivity index (χ4n) is 2.03. The average Bonchev–Trinajstić information content (AvgIpc) is 2.55. The van der Waals surface area contributed by atoms with E-state index in [-0.39, 0.29) is 24.0 Å². The Morgan fingerprint density at radius 2 is 1.87 bits per heavy atom. The molecule has 1 rings (SSSR count). The Hall–Kier alpha value is -1.05. The third-order valence-electron chi connectivity index (χ3n) is 3.24. The van der Waals surface area contributed by atoms with Gasteiger partial charge in [0.15, 0.2) is 5.96 Å². The minimum absolute atomic E-state index is 0. The summed E-state index contributed by atoms with van der Waals surface area (Å²) in [5.41, 5.74) is 0. The molecule has 0 bridgehead atoms. The number of nitrogens with one attached hydrogen (secondary N) is 3. The van der Waals surface area contributed by atoms with Gasteiger partial charge < -0.3 is 16.0 Å². The van der Waals surface area contributed by atoms with Crippen LogP contribution in [0.25, 0.3) is 0 Å². The summed E-state index contributed by atoms with van der Waals surface area (Å²) in [6, 6.07) is 5.91. The number of aromatic nitrogens is 1. The number of pyridine rings is 1. The molecule has 0 saturated carbocycles. The maximum absolute atomic E-state index is 4.59. The lowest BCUT2D eigenvalue weighted by Crippen LogP contribution is -2.38. The average molecular weight is 433 g/mol. The van der Waals surface area contributed by atoms with E-state index in [1.54, 1.807) is 0 Å². The van der Waals surface area contributed by atoms with E-state index in [1.807, 2.05) is 24.4 Å². The molecule has 1 aromatic heterocycles. The van der Waals surface area contributed by atoms with Gasteiger partial charge in [-0.15, -0.1) is 24.0 Å². The van der Waals surface area contributed by atoms with E-state index in [1.165, 1.54) is 19.3 Å². The first-order valence-electron chi connectivity index (χ1n) is 8.54. The van der Waals surface area contributed by atoms with Gasteiger partial charge in [0.2, 0.25) is 0 Å². The summed E-state index contributed by atoms with van der Waals surface area (Å²) in [4.78, 5) is 8.83. The molecule has 0 spiro atoms. The van der Waals surface area contributed by atoms with Crippen LogP contribution in [0.15, 0.2) is 29.4 Å². The number of hydrogen-bond donors (Lipinski definition) is 3. The van der Waals surface area contributed by atoms with Crippen LogP contribution in [-0.4, -0.2) is 37.1 Å². The van der Waals surface area contributed by atoms with E-state index < -0.39 is 0 Å². The molecule has 132 valence electrons. The Kier molecular flexibility index (Phi) is 15.1. The summed E-state index contributed by atoms with van der Waals surface area (Å²) >= 11 is 0. The van der Waals surface area contributed by atoms with Gasteiger partial charge in [0.1, 0.15) is 5.82 Å². The molecule has 1 aromatic rings. The lowest BCUT2D eigenvalue weighted by Gasteiger charge is -2.11. The first kappa shape index (κ1) is 21.9. The molecular formula is C17H32IN5. The quantitative estimate of drug-likeness (QED) is 0.216. The highest BCUT2D eigenvalue weighted by Crippen LogP contribution is 2.00. The maximum atomic E-state index is 4.59. The zero-order chi connectivity index (χ0) is 15.9. The molecule has 0 atom stereocenters. The summed E-state index contributed by atoms with van der Waals surface area (Å²) in [5.74, 6) is 1.89. The zero-order valence-electron chi connectivity index (χ0n) is 14.5. The van der Waals surface area contributed by atoms with Gasteiger partial charge in [0.05, 0.1) is 0 Å². The van der Waals surface area contributed by atoms with Crippen molar-refractivity contribution in [2.75, 3.05) is 31.5 Å². The second kappa shape index (κ2) is 15.8. The summed E-state index contributed by atoms with van der Waals surface area (Å²) in [6.45, 7) is 8.02. The Labute approximate surface area is 158 Å². The van der Waals surface area contributed by atoms with Crippen LogP contribution in [0.1, 0.15) is 46.0 Å². The van der Waals surface area contributed by atoms with Gasteiger partial charge in [-0.3, -0.25) is 4.99 Å². The monoisotopic (exact) mass is 433 g/mol. The lowest BCUT2D eigenvalue weighted by molar-refractivity contribution is 0.697. The van der Waals surface area contributed by atoms with E-state index >= 15 is 0 Å². The molecule has 0 fully saturated rings. The normalized spacial score (nSPS) is 10.8. The van der Waals surface area contributed by atoms with Crippen molar-refractivity contribution < 1.29 is 0 Å². The first-order valence-corrected chi connectivity index (χ1v) is 8.54. The van der Waals surface area contributed by atoms with Crippen molar-refractivity contribution in [3.63, 3.8) is 0 Å². The van der Waals surface area contributed by atoms with Gasteiger partial charge in [-0.1, -0.05) is 25.8 Å². The molecule has 0 aliphatic heterocycles. The molecule has 5 nitrogen and oxygen atoms in total. The molecule has 3 N–H and O–H groups in total. The van der Waals surface area contributed by atoms with Gasteiger partial charge in [0.25, 0.3) is 0 Å². The molecule has 23 heavy (non-hydrogen) atoms. The van der Waals surface area contributed by atoms with Crippen molar-refractivity contribution >= 4 is 35.8 Å². The molecule has 0 aliphatic carbocycles. The fourth-order valence-corrected chi connectivity index (χ4v) is 2.03. The van der Waals surface area contributed by atoms with Crippen molar-refractivity contribution in [3.8, 4) is 0 Å². The number of halogens is 1. The first-order chi connectivity index (χ1) is 10.9. The van der Waals surface area contributed by atoms with Crippen molar-refractivity contribution in [2.45, 2.75) is 46.0 Å². The Morgan fingerprint density at radius 1 is 1.04 bits per heavy atom. The third kappa shape index (κ3) is 12.1. The largest absolute Gasteiger partial charge is 0.370 e. The highest BCUT2D eigenvalue weighted by atomic mass is 127. The number of anilines is 1. The van der Waals surface area contributed by atoms with Crippen LogP contribution < -0.4 is 16.0 Å². The Morgan fingerprint density at radius 3 is 2.57 bits per heavy atom. The van der Waals surface area contributed by atoms with E-state index in [2.05, 4.69) is 39.8 Å². The maximum Gasteiger partial charge on any atom is 0.191 e. The Bertz CT molecular complexity index is 397. The number of guanidine groups is 1. The third-order valence-corrected chi connectivity index (χ3v) is 3.24. The van der Waals surface area contributed by atoms with Crippen LogP contribution in [0, 0.1) is 0 Å². The van der Waals surface area contributed by atoms with Crippen molar-refractivity contribution in [3.05, 3.63) is 24.4 Å². The lowest BCUT2D eigenvalue weighted by atomic mass is 10.2. The standard InChI is InChI=1S/C17H31N5.HI/c1-3-5-7-14-21-17(18-4-2)22-15-10-9-13-20-16-11-6-8-12-19-16;/h6,8,11-12H,3-5,7,9-10,13-15H2,1-2H3,(H,19,20)(H2,18,21,22);1H. The van der Waals surface area contributed by atoms with Crippen LogP contribution in [0.4, 0.5) is 5.82 Å². The molecule has 0 radical (unpaired) electrons. The molecule has 0 amide bonds. The molecule has 6 heteroatoms. The van der Waals surface area contributed by atoms with Crippen LogP contribution >= 0.6 is 24.0 Å².